The molecule has 4 aromatic rings. The summed E-state index contributed by atoms with van der Waals surface area (Å²) in [5, 5.41) is 6.31. The Kier molecular flexibility index (Phi) is 14.5. The molecule has 0 unspecified atom stereocenters. The number of carbonyl (C=O) groups is 2. The molecule has 45 heavy (non-hydrogen) atoms. The molecule has 0 aliphatic heterocycles. The predicted octanol–water partition coefficient (Wildman–Crippen LogP) is 8.53. The zero-order valence-electron chi connectivity index (χ0n) is 27.6. The van der Waals surface area contributed by atoms with E-state index in [1.165, 1.54) is 0 Å². The zero-order valence-corrected chi connectivity index (χ0v) is 27.6. The summed E-state index contributed by atoms with van der Waals surface area (Å²) in [6, 6.07) is 29.8. The molecule has 0 bridgehead atoms. The summed E-state index contributed by atoms with van der Waals surface area (Å²) in [6.07, 6.45) is 0.531. The van der Waals surface area contributed by atoms with Crippen molar-refractivity contribution in [3.05, 3.63) is 108 Å². The van der Waals surface area contributed by atoms with Gasteiger partial charge in [0.15, 0.2) is 11.6 Å². The van der Waals surface area contributed by atoms with Gasteiger partial charge in [-0.2, -0.15) is 0 Å². The van der Waals surface area contributed by atoms with Crippen molar-refractivity contribution in [2.45, 2.75) is 41.0 Å². The van der Waals surface area contributed by atoms with E-state index in [-0.39, 0.29) is 20.3 Å². The lowest BCUT2D eigenvalue weighted by Crippen LogP contribution is -2.20. The van der Waals surface area contributed by atoms with Gasteiger partial charge in [0.2, 0.25) is 0 Å². The Labute approximate surface area is 272 Å². The van der Waals surface area contributed by atoms with Crippen LogP contribution < -0.4 is 20.1 Å². The molecule has 2 N–H and O–H groups in total. The first-order chi connectivity index (χ1) is 21.8. The lowest BCUT2D eigenvalue weighted by atomic mass is 9.93. The summed E-state index contributed by atoms with van der Waals surface area (Å²) in [5.74, 6) is 1.93. The van der Waals surface area contributed by atoms with E-state index >= 15 is 0 Å². The number of benzene rings is 4. The van der Waals surface area contributed by atoms with E-state index in [4.69, 9.17) is 9.47 Å². The number of hydrogen-bond donors (Lipinski definition) is 2. The maximum absolute atomic E-state index is 12.4. The van der Waals surface area contributed by atoms with E-state index in [9.17, 15) is 9.59 Å². The third kappa shape index (κ3) is 10.4. The lowest BCUT2D eigenvalue weighted by Gasteiger charge is -2.16. The third-order valence-electron chi connectivity index (χ3n) is 7.32. The molecule has 0 fully saturated rings. The van der Waals surface area contributed by atoms with Crippen LogP contribution in [0.15, 0.2) is 91.0 Å². The normalized spacial score (nSPS) is 10.6. The number of rotatable bonds is 15. The topological polar surface area (TPSA) is 76.7 Å². The Morgan fingerprint density at radius 1 is 0.756 bits per heavy atom. The van der Waals surface area contributed by atoms with Crippen molar-refractivity contribution in [1.29, 1.82) is 0 Å². The molecule has 4 aromatic carbocycles. The monoisotopic (exact) mass is 612 g/mol. The summed E-state index contributed by atoms with van der Waals surface area (Å²) < 4.78 is 11.8. The van der Waals surface area contributed by atoms with Crippen molar-refractivity contribution in [2.24, 2.45) is 5.92 Å². The van der Waals surface area contributed by atoms with Gasteiger partial charge in [0.25, 0.3) is 0 Å². The van der Waals surface area contributed by atoms with Gasteiger partial charge in [-0.25, -0.2) is 0 Å². The van der Waals surface area contributed by atoms with Crippen LogP contribution >= 0.6 is 0 Å². The minimum atomic E-state index is -0.0265. The largest absolute Gasteiger partial charge is 0.492 e. The molecule has 0 saturated carbocycles. The van der Waals surface area contributed by atoms with Gasteiger partial charge in [-0.15, -0.1) is 0 Å². The Balaban J connectivity index is 0.000000451. The summed E-state index contributed by atoms with van der Waals surface area (Å²) in [5.41, 5.74) is 6.73. The number of Topliss-reactive ketones (excluding diaryl/α,β-unsaturated/α-hetero) is 2. The summed E-state index contributed by atoms with van der Waals surface area (Å²) in [4.78, 5) is 24.1. The van der Waals surface area contributed by atoms with E-state index in [1.54, 1.807) is 0 Å². The molecule has 0 aromatic heterocycles. The Morgan fingerprint density at radius 2 is 1.38 bits per heavy atom. The maximum Gasteiger partial charge on any atom is 0.165 e. The fraction of sp³-hybridized carbons (Fsp3) is 0.333. The SMILES string of the molecule is CCNCCOc1ccccc1-c1ccc(C(=O)CC)cc1.CNCCOc1cc(C(=O)C(C)C)c(C)cc1-c1ccccc1.[HH].[HH]. The lowest BCUT2D eigenvalue weighted by molar-refractivity contribution is 0.0937. The van der Waals surface area contributed by atoms with Crippen molar-refractivity contribution in [3.8, 4) is 33.8 Å². The molecule has 0 heterocycles. The highest BCUT2D eigenvalue weighted by Crippen LogP contribution is 2.34. The first-order valence-corrected chi connectivity index (χ1v) is 15.9. The molecule has 0 spiro atoms. The van der Waals surface area contributed by atoms with E-state index in [1.807, 2.05) is 108 Å². The summed E-state index contributed by atoms with van der Waals surface area (Å²) in [7, 11) is 1.89. The molecular weight excluding hydrogens is 560 g/mol. The van der Waals surface area contributed by atoms with Crippen molar-refractivity contribution < 1.29 is 21.9 Å². The Bertz CT molecular complexity index is 1510. The molecule has 0 radical (unpaired) electrons. The quantitative estimate of drug-likeness (QED) is 0.104. The maximum atomic E-state index is 12.4. The van der Waals surface area contributed by atoms with E-state index in [2.05, 4.69) is 35.8 Å². The molecule has 0 atom stereocenters. The molecule has 0 saturated heterocycles. The van der Waals surface area contributed by atoms with E-state index in [0.717, 1.165) is 70.1 Å². The van der Waals surface area contributed by atoms with Gasteiger partial charge in [-0.1, -0.05) is 100 Å². The molecule has 0 amide bonds. The van der Waals surface area contributed by atoms with Crippen LogP contribution in [0.1, 0.15) is 63.2 Å². The molecule has 0 aliphatic carbocycles. The first kappa shape index (κ1) is 35.2. The number of carbonyl (C=O) groups excluding carboxylic acids is 2. The summed E-state index contributed by atoms with van der Waals surface area (Å²) in [6.45, 7) is 13.5. The highest BCUT2D eigenvalue weighted by atomic mass is 16.5. The van der Waals surface area contributed by atoms with Crippen LogP contribution in [0.5, 0.6) is 11.5 Å². The minimum absolute atomic E-state index is 0. The van der Waals surface area contributed by atoms with Crippen LogP contribution in [0.25, 0.3) is 22.3 Å². The average Bonchev–Trinajstić information content (AvgIpc) is 3.07. The van der Waals surface area contributed by atoms with Crippen LogP contribution in [-0.2, 0) is 0 Å². The fourth-order valence-electron chi connectivity index (χ4n) is 4.77. The second-order valence-electron chi connectivity index (χ2n) is 11.1. The molecule has 6 nitrogen and oxygen atoms in total. The standard InChI is InChI=1S/C20H25NO2.C19H23NO2.2H2/c1-14(2)20(22)17-13-19(23-11-10-21-4)18(12-15(17)3)16-8-6-5-7-9-16;1-3-18(21)16-11-9-15(10-12-16)17-7-5-6-8-19(17)22-14-13-20-4-2;;/h5-9,12-14,21H,10-11H2,1-4H3;5-12,20H,3-4,13-14H2,1-2H3;2*1H. The number of aryl methyl sites for hydroxylation is 1. The van der Waals surface area contributed by atoms with E-state index < -0.39 is 0 Å². The molecule has 0 aliphatic rings. The Hall–Kier alpha value is -4.26. The van der Waals surface area contributed by atoms with Gasteiger partial charge < -0.3 is 20.1 Å². The molecule has 242 valence electrons. The van der Waals surface area contributed by atoms with Crippen molar-refractivity contribution in [3.63, 3.8) is 0 Å². The minimum Gasteiger partial charge on any atom is -0.492 e. The Morgan fingerprint density at radius 3 is 2.02 bits per heavy atom. The zero-order chi connectivity index (χ0) is 32.6. The van der Waals surface area contributed by atoms with Gasteiger partial charge in [-0.05, 0) is 55.4 Å². The number of nitrogens with one attached hydrogen (secondary N) is 2. The van der Waals surface area contributed by atoms with E-state index in [0.29, 0.717) is 19.6 Å². The van der Waals surface area contributed by atoms with Crippen molar-refractivity contribution in [1.82, 2.24) is 10.6 Å². The second-order valence-corrected chi connectivity index (χ2v) is 11.1. The number of ketones is 2. The summed E-state index contributed by atoms with van der Waals surface area (Å²) >= 11 is 0. The van der Waals surface area contributed by atoms with Crippen LogP contribution in [-0.4, -0.2) is 51.5 Å². The molecular formula is C39H52N2O4. The van der Waals surface area contributed by atoms with Crippen LogP contribution in [0.4, 0.5) is 0 Å². The number of likely N-dealkylation sites (N-methyl/N-ethyl adjacent to an activating group) is 2. The van der Waals surface area contributed by atoms with Crippen LogP contribution in [0.3, 0.4) is 0 Å². The number of ether oxygens (including phenoxy) is 2. The van der Waals surface area contributed by atoms with Gasteiger partial charge in [0, 0.05) is 50.5 Å². The average molecular weight is 613 g/mol. The van der Waals surface area contributed by atoms with Gasteiger partial charge in [-0.3, -0.25) is 9.59 Å². The third-order valence-corrected chi connectivity index (χ3v) is 7.32. The predicted molar refractivity (Wildman–Crippen MR) is 190 cm³/mol. The van der Waals surface area contributed by atoms with Crippen LogP contribution in [0.2, 0.25) is 0 Å². The van der Waals surface area contributed by atoms with Gasteiger partial charge >= 0.3 is 0 Å². The fourth-order valence-corrected chi connectivity index (χ4v) is 4.77. The highest BCUT2D eigenvalue weighted by molar-refractivity contribution is 6.00. The second kappa shape index (κ2) is 18.5. The highest BCUT2D eigenvalue weighted by Gasteiger charge is 2.17. The first-order valence-electron chi connectivity index (χ1n) is 15.9. The molecule has 4 rings (SSSR count). The molecule has 6 heteroatoms. The van der Waals surface area contributed by atoms with Gasteiger partial charge in [0.05, 0.1) is 0 Å². The number of hydrogen-bond acceptors (Lipinski definition) is 6. The smallest absolute Gasteiger partial charge is 0.165 e. The van der Waals surface area contributed by atoms with Crippen LogP contribution in [0, 0.1) is 12.8 Å². The van der Waals surface area contributed by atoms with Crippen molar-refractivity contribution >= 4 is 11.6 Å². The van der Waals surface area contributed by atoms with Crippen molar-refractivity contribution in [2.75, 3.05) is 39.9 Å². The van der Waals surface area contributed by atoms with Gasteiger partial charge in [0.1, 0.15) is 24.7 Å². The number of para-hydroxylation sites is 1.